The van der Waals surface area contributed by atoms with Crippen LogP contribution in [0.1, 0.15) is 38.2 Å². The van der Waals surface area contributed by atoms with Crippen molar-refractivity contribution in [2.45, 2.75) is 45.1 Å². The van der Waals surface area contributed by atoms with Gasteiger partial charge in [0, 0.05) is 5.92 Å². The maximum absolute atomic E-state index is 12.2. The Morgan fingerprint density at radius 3 is 2.57 bits per heavy atom. The number of hydrogen-bond acceptors (Lipinski definition) is 2. The molecule has 0 saturated heterocycles. The van der Waals surface area contributed by atoms with Gasteiger partial charge in [0.2, 0.25) is 5.91 Å². The Morgan fingerprint density at radius 2 is 2.00 bits per heavy atom. The van der Waals surface area contributed by atoms with E-state index in [0.29, 0.717) is 18.8 Å². The Kier molecular flexibility index (Phi) is 5.37. The smallest absolute Gasteiger partial charge is 0.326 e. The van der Waals surface area contributed by atoms with Crippen molar-refractivity contribution >= 4 is 11.9 Å². The molecule has 1 saturated carbocycles. The summed E-state index contributed by atoms with van der Waals surface area (Å²) in [5.41, 5.74) is 1.09. The number of aryl methyl sites for hydroxylation is 1. The zero-order valence-corrected chi connectivity index (χ0v) is 12.4. The van der Waals surface area contributed by atoms with E-state index in [0.717, 1.165) is 24.8 Å². The van der Waals surface area contributed by atoms with Crippen LogP contribution < -0.4 is 5.32 Å². The zero-order chi connectivity index (χ0) is 15.2. The van der Waals surface area contributed by atoms with E-state index >= 15 is 0 Å². The Morgan fingerprint density at radius 1 is 1.29 bits per heavy atom. The Bertz CT molecular complexity index is 486. The summed E-state index contributed by atoms with van der Waals surface area (Å²) in [5.74, 6) is -0.720. The fourth-order valence-corrected chi connectivity index (χ4v) is 3.03. The number of carboxylic acid groups (broad SMARTS) is 1. The first-order chi connectivity index (χ1) is 10.1. The number of benzene rings is 1. The van der Waals surface area contributed by atoms with Crippen molar-refractivity contribution in [2.24, 2.45) is 11.8 Å². The summed E-state index contributed by atoms with van der Waals surface area (Å²) < 4.78 is 0. The minimum Gasteiger partial charge on any atom is -0.480 e. The monoisotopic (exact) mass is 289 g/mol. The van der Waals surface area contributed by atoms with Crippen LogP contribution in [-0.4, -0.2) is 23.0 Å². The standard InChI is InChI=1S/C17H23NO3/c1-12-6-5-9-14(12)16(19)18-15(17(20)21)11-10-13-7-3-2-4-8-13/h2-4,7-8,12,14-15H,5-6,9-11H2,1H3,(H,18,19)(H,20,21)/t12?,14?,15-/m0/s1. The second-order valence-electron chi connectivity index (χ2n) is 5.94. The molecule has 4 nitrogen and oxygen atoms in total. The van der Waals surface area contributed by atoms with E-state index in [1.165, 1.54) is 0 Å². The lowest BCUT2D eigenvalue weighted by Gasteiger charge is -2.19. The van der Waals surface area contributed by atoms with Crippen LogP contribution in [0, 0.1) is 11.8 Å². The van der Waals surface area contributed by atoms with Crippen LogP contribution in [0.3, 0.4) is 0 Å². The molecule has 0 radical (unpaired) electrons. The second-order valence-corrected chi connectivity index (χ2v) is 5.94. The van der Waals surface area contributed by atoms with Gasteiger partial charge in [-0.25, -0.2) is 4.79 Å². The molecule has 2 unspecified atom stereocenters. The average Bonchev–Trinajstić information content (AvgIpc) is 2.90. The predicted octanol–water partition coefficient (Wildman–Crippen LogP) is 2.62. The molecule has 2 rings (SSSR count). The number of carbonyl (C=O) groups is 2. The molecule has 21 heavy (non-hydrogen) atoms. The molecule has 0 spiro atoms. The molecule has 1 aliphatic carbocycles. The lowest BCUT2D eigenvalue weighted by Crippen LogP contribution is -2.44. The maximum atomic E-state index is 12.2. The molecule has 1 amide bonds. The first kappa shape index (κ1) is 15.5. The molecule has 0 bridgehead atoms. The van der Waals surface area contributed by atoms with E-state index in [1.54, 1.807) is 0 Å². The molecular weight excluding hydrogens is 266 g/mol. The Labute approximate surface area is 125 Å². The first-order valence-electron chi connectivity index (χ1n) is 7.65. The molecule has 1 fully saturated rings. The third kappa shape index (κ3) is 4.31. The van der Waals surface area contributed by atoms with Crippen molar-refractivity contribution in [1.82, 2.24) is 5.32 Å². The van der Waals surface area contributed by atoms with Gasteiger partial charge in [-0.3, -0.25) is 4.79 Å². The fourth-order valence-electron chi connectivity index (χ4n) is 3.03. The zero-order valence-electron chi connectivity index (χ0n) is 12.4. The Hall–Kier alpha value is -1.84. The van der Waals surface area contributed by atoms with Crippen LogP contribution >= 0.6 is 0 Å². The van der Waals surface area contributed by atoms with E-state index in [9.17, 15) is 14.7 Å². The molecule has 0 aromatic heterocycles. The lowest BCUT2D eigenvalue weighted by molar-refractivity contribution is -0.142. The number of rotatable bonds is 6. The average molecular weight is 289 g/mol. The van der Waals surface area contributed by atoms with Crippen LogP contribution in [0.15, 0.2) is 30.3 Å². The highest BCUT2D eigenvalue weighted by Gasteiger charge is 2.32. The molecular formula is C17H23NO3. The van der Waals surface area contributed by atoms with Gasteiger partial charge < -0.3 is 10.4 Å². The summed E-state index contributed by atoms with van der Waals surface area (Å²) in [6, 6.07) is 8.94. The largest absolute Gasteiger partial charge is 0.480 e. The van der Waals surface area contributed by atoms with Crippen molar-refractivity contribution in [3.8, 4) is 0 Å². The van der Waals surface area contributed by atoms with Gasteiger partial charge in [-0.1, -0.05) is 43.7 Å². The summed E-state index contributed by atoms with van der Waals surface area (Å²) in [5, 5.41) is 12.0. The van der Waals surface area contributed by atoms with Gasteiger partial charge in [-0.15, -0.1) is 0 Å². The maximum Gasteiger partial charge on any atom is 0.326 e. The molecule has 3 atom stereocenters. The van der Waals surface area contributed by atoms with E-state index in [2.05, 4.69) is 12.2 Å². The third-order valence-electron chi connectivity index (χ3n) is 4.38. The molecule has 0 aliphatic heterocycles. The number of aliphatic carboxylic acids is 1. The summed E-state index contributed by atoms with van der Waals surface area (Å²) in [7, 11) is 0. The SMILES string of the molecule is CC1CCCC1C(=O)N[C@@H](CCc1ccccc1)C(=O)O. The minimum absolute atomic E-state index is 0.0245. The summed E-state index contributed by atoms with van der Waals surface area (Å²) in [6.45, 7) is 2.07. The third-order valence-corrected chi connectivity index (χ3v) is 4.38. The van der Waals surface area contributed by atoms with Crippen LogP contribution in [0.5, 0.6) is 0 Å². The molecule has 1 aliphatic rings. The van der Waals surface area contributed by atoms with Gasteiger partial charge in [0.25, 0.3) is 0 Å². The number of carbonyl (C=O) groups excluding carboxylic acids is 1. The van der Waals surface area contributed by atoms with Crippen LogP contribution in [-0.2, 0) is 16.0 Å². The number of nitrogens with one attached hydrogen (secondary N) is 1. The van der Waals surface area contributed by atoms with Crippen molar-refractivity contribution in [1.29, 1.82) is 0 Å². The van der Waals surface area contributed by atoms with E-state index in [4.69, 9.17) is 0 Å². The van der Waals surface area contributed by atoms with Crippen LogP contribution in [0.4, 0.5) is 0 Å². The quantitative estimate of drug-likeness (QED) is 0.846. The highest BCUT2D eigenvalue weighted by Crippen LogP contribution is 2.31. The van der Waals surface area contributed by atoms with Gasteiger partial charge >= 0.3 is 5.97 Å². The van der Waals surface area contributed by atoms with Crippen molar-refractivity contribution in [2.75, 3.05) is 0 Å². The summed E-state index contributed by atoms with van der Waals surface area (Å²) >= 11 is 0. The normalized spacial score (nSPS) is 22.7. The molecule has 2 N–H and O–H groups in total. The fraction of sp³-hybridized carbons (Fsp3) is 0.529. The molecule has 114 valence electrons. The summed E-state index contributed by atoms with van der Waals surface area (Å²) in [6.07, 6.45) is 4.06. The van der Waals surface area contributed by atoms with Crippen LogP contribution in [0.25, 0.3) is 0 Å². The van der Waals surface area contributed by atoms with Gasteiger partial charge in [-0.05, 0) is 37.2 Å². The topological polar surface area (TPSA) is 66.4 Å². The number of carboxylic acids is 1. The molecule has 1 aromatic rings. The van der Waals surface area contributed by atoms with Crippen LogP contribution in [0.2, 0.25) is 0 Å². The lowest BCUT2D eigenvalue weighted by atomic mass is 9.96. The minimum atomic E-state index is -0.954. The van der Waals surface area contributed by atoms with Gasteiger partial charge in [0.15, 0.2) is 0 Å². The summed E-state index contributed by atoms with van der Waals surface area (Å²) in [4.78, 5) is 23.5. The highest BCUT2D eigenvalue weighted by atomic mass is 16.4. The van der Waals surface area contributed by atoms with Gasteiger partial charge in [0.05, 0.1) is 0 Å². The number of hydrogen-bond donors (Lipinski definition) is 2. The van der Waals surface area contributed by atoms with Crippen molar-refractivity contribution < 1.29 is 14.7 Å². The van der Waals surface area contributed by atoms with Crippen molar-refractivity contribution in [3.63, 3.8) is 0 Å². The van der Waals surface area contributed by atoms with Gasteiger partial charge in [0.1, 0.15) is 6.04 Å². The first-order valence-corrected chi connectivity index (χ1v) is 7.65. The molecule has 4 heteroatoms. The van der Waals surface area contributed by atoms with Gasteiger partial charge in [-0.2, -0.15) is 0 Å². The predicted molar refractivity (Wildman–Crippen MR) is 80.8 cm³/mol. The second kappa shape index (κ2) is 7.25. The van der Waals surface area contributed by atoms with Crippen molar-refractivity contribution in [3.05, 3.63) is 35.9 Å². The molecule has 0 heterocycles. The van der Waals surface area contributed by atoms with E-state index in [-0.39, 0.29) is 11.8 Å². The number of amides is 1. The van der Waals surface area contributed by atoms with E-state index < -0.39 is 12.0 Å². The Balaban J connectivity index is 1.90. The highest BCUT2D eigenvalue weighted by molar-refractivity contribution is 5.85. The molecule has 1 aromatic carbocycles. The van der Waals surface area contributed by atoms with E-state index in [1.807, 2.05) is 30.3 Å².